The van der Waals surface area contributed by atoms with Crippen LogP contribution in [0, 0.1) is 11.8 Å². The highest BCUT2D eigenvalue weighted by molar-refractivity contribution is 5.94. The van der Waals surface area contributed by atoms with Gasteiger partial charge in [0.15, 0.2) is 11.5 Å². The number of piperazine rings is 1. The van der Waals surface area contributed by atoms with Crippen LogP contribution < -0.4 is 4.90 Å². The lowest BCUT2D eigenvalue weighted by molar-refractivity contribution is 0.0742. The normalized spacial score (nSPS) is 13.1. The second-order valence-electron chi connectivity index (χ2n) is 8.30. The van der Waals surface area contributed by atoms with Crippen LogP contribution in [-0.2, 0) is 0 Å². The Morgan fingerprint density at radius 3 is 2.36 bits per heavy atom. The maximum atomic E-state index is 13.1. The molecule has 184 valence electrons. The molecule has 1 saturated heterocycles. The minimum atomic E-state index is -0.128. The van der Waals surface area contributed by atoms with Crippen LogP contribution in [0.25, 0.3) is 0 Å². The van der Waals surface area contributed by atoms with Crippen molar-refractivity contribution in [2.75, 3.05) is 44.2 Å². The number of carbonyl (C=O) groups excluding carboxylic acids is 2. The number of aromatic nitrogens is 3. The summed E-state index contributed by atoms with van der Waals surface area (Å²) in [5.41, 5.74) is 2.11. The summed E-state index contributed by atoms with van der Waals surface area (Å²) in [6.45, 7) is 7.37. The molecule has 1 aliphatic rings. The van der Waals surface area contributed by atoms with Crippen LogP contribution in [0.2, 0.25) is 0 Å². The average Bonchev–Trinajstić information content (AvgIpc) is 2.92. The van der Waals surface area contributed by atoms with Crippen molar-refractivity contribution < 1.29 is 14.7 Å². The second-order valence-corrected chi connectivity index (χ2v) is 8.30. The standard InChI is InChI=1S/C27H28N6O3/c1-3-31(4-2)27(36)24-10-11-25(30-29-24)32-12-14-33(15-13-32)26(35)22-16-21(18-28-19-22)9-8-20-6-5-7-23(34)17-20/h5-7,10-11,16-19,34H,3-4,12-15H2,1-2H3. The van der Waals surface area contributed by atoms with E-state index in [9.17, 15) is 14.7 Å². The highest BCUT2D eigenvalue weighted by atomic mass is 16.3. The zero-order valence-electron chi connectivity index (χ0n) is 20.4. The lowest BCUT2D eigenvalue weighted by Gasteiger charge is -2.35. The number of carbonyl (C=O) groups is 2. The van der Waals surface area contributed by atoms with Crippen molar-refractivity contribution in [1.82, 2.24) is 25.0 Å². The van der Waals surface area contributed by atoms with Gasteiger partial charge in [0.2, 0.25) is 0 Å². The third kappa shape index (κ3) is 5.78. The van der Waals surface area contributed by atoms with Gasteiger partial charge < -0.3 is 19.8 Å². The molecule has 4 rings (SSSR count). The molecule has 1 fully saturated rings. The molecular formula is C27H28N6O3. The first-order valence-electron chi connectivity index (χ1n) is 11.9. The average molecular weight is 485 g/mol. The summed E-state index contributed by atoms with van der Waals surface area (Å²) >= 11 is 0. The SMILES string of the molecule is CCN(CC)C(=O)c1ccc(N2CCN(C(=O)c3cncc(C#Cc4cccc(O)c4)c3)CC2)nn1. The number of phenols is 1. The van der Waals surface area contributed by atoms with Crippen molar-refractivity contribution in [2.45, 2.75) is 13.8 Å². The van der Waals surface area contributed by atoms with Crippen molar-refractivity contribution in [2.24, 2.45) is 0 Å². The van der Waals surface area contributed by atoms with Crippen molar-refractivity contribution >= 4 is 17.6 Å². The molecule has 0 unspecified atom stereocenters. The van der Waals surface area contributed by atoms with Gasteiger partial charge in [-0.2, -0.15) is 0 Å². The highest BCUT2D eigenvalue weighted by Crippen LogP contribution is 2.16. The Morgan fingerprint density at radius 2 is 1.69 bits per heavy atom. The topological polar surface area (TPSA) is 103 Å². The summed E-state index contributed by atoms with van der Waals surface area (Å²) in [6.07, 6.45) is 3.16. The number of amides is 2. The third-order valence-corrected chi connectivity index (χ3v) is 5.99. The fourth-order valence-electron chi connectivity index (χ4n) is 3.96. The third-order valence-electron chi connectivity index (χ3n) is 5.99. The Bertz CT molecular complexity index is 1290. The molecule has 0 radical (unpaired) electrons. The van der Waals surface area contributed by atoms with Crippen LogP contribution in [-0.4, -0.2) is 81.2 Å². The van der Waals surface area contributed by atoms with E-state index in [-0.39, 0.29) is 17.6 Å². The molecule has 2 amide bonds. The molecule has 2 aromatic heterocycles. The van der Waals surface area contributed by atoms with Crippen LogP contribution >= 0.6 is 0 Å². The number of nitrogens with zero attached hydrogens (tertiary/aromatic N) is 6. The van der Waals surface area contributed by atoms with Crippen LogP contribution in [0.4, 0.5) is 5.82 Å². The molecule has 0 spiro atoms. The van der Waals surface area contributed by atoms with Gasteiger partial charge in [-0.1, -0.05) is 17.9 Å². The van der Waals surface area contributed by atoms with Crippen molar-refractivity contribution in [1.29, 1.82) is 0 Å². The number of hydrogen-bond donors (Lipinski definition) is 1. The quantitative estimate of drug-likeness (QED) is 0.555. The lowest BCUT2D eigenvalue weighted by Crippen LogP contribution is -2.49. The fourth-order valence-corrected chi connectivity index (χ4v) is 3.96. The molecule has 0 aliphatic carbocycles. The van der Waals surface area contributed by atoms with Gasteiger partial charge in [0.25, 0.3) is 11.8 Å². The number of hydrogen-bond acceptors (Lipinski definition) is 7. The molecule has 0 saturated carbocycles. The van der Waals surface area contributed by atoms with Gasteiger partial charge in [0.1, 0.15) is 5.75 Å². The Hall–Kier alpha value is -4.45. The van der Waals surface area contributed by atoms with Gasteiger partial charge in [-0.15, -0.1) is 10.2 Å². The van der Waals surface area contributed by atoms with Gasteiger partial charge >= 0.3 is 0 Å². The summed E-state index contributed by atoms with van der Waals surface area (Å²) in [7, 11) is 0. The number of anilines is 1. The van der Waals surface area contributed by atoms with Crippen LogP contribution in [0.5, 0.6) is 5.75 Å². The smallest absolute Gasteiger partial charge is 0.274 e. The highest BCUT2D eigenvalue weighted by Gasteiger charge is 2.24. The van der Waals surface area contributed by atoms with Crippen molar-refractivity contribution in [3.63, 3.8) is 0 Å². The maximum absolute atomic E-state index is 13.1. The number of aromatic hydroxyl groups is 1. The molecular weight excluding hydrogens is 456 g/mol. The maximum Gasteiger partial charge on any atom is 0.274 e. The van der Waals surface area contributed by atoms with Gasteiger partial charge in [-0.25, -0.2) is 0 Å². The molecule has 9 heteroatoms. The van der Waals surface area contributed by atoms with E-state index in [1.807, 2.05) is 13.8 Å². The van der Waals surface area contributed by atoms with Crippen molar-refractivity contribution in [3.05, 3.63) is 77.2 Å². The van der Waals surface area contributed by atoms with E-state index in [2.05, 4.69) is 31.9 Å². The molecule has 1 N–H and O–H groups in total. The first-order valence-corrected chi connectivity index (χ1v) is 11.9. The summed E-state index contributed by atoms with van der Waals surface area (Å²) in [5.74, 6) is 6.58. The molecule has 36 heavy (non-hydrogen) atoms. The monoisotopic (exact) mass is 484 g/mol. The fraction of sp³-hybridized carbons (Fsp3) is 0.296. The molecule has 3 aromatic rings. The Labute approximate surface area is 210 Å². The van der Waals surface area contributed by atoms with Crippen LogP contribution in [0.15, 0.2) is 54.9 Å². The van der Waals surface area contributed by atoms with E-state index in [4.69, 9.17) is 0 Å². The summed E-state index contributed by atoms with van der Waals surface area (Å²) in [6, 6.07) is 11.9. The second kappa shape index (κ2) is 11.3. The number of rotatable bonds is 5. The number of phenolic OH excluding ortho intramolecular Hbond substituents is 1. The molecule has 0 bridgehead atoms. The first-order chi connectivity index (χ1) is 17.5. The van der Waals surface area contributed by atoms with Gasteiger partial charge in [-0.05, 0) is 50.2 Å². The number of pyridine rings is 1. The first kappa shape index (κ1) is 24.7. The minimum Gasteiger partial charge on any atom is -0.508 e. The van der Waals surface area contributed by atoms with Crippen LogP contribution in [0.3, 0.4) is 0 Å². The van der Waals surface area contributed by atoms with E-state index >= 15 is 0 Å². The molecule has 1 aliphatic heterocycles. The zero-order chi connectivity index (χ0) is 25.5. The predicted molar refractivity (Wildman–Crippen MR) is 136 cm³/mol. The van der Waals surface area contributed by atoms with Gasteiger partial charge in [0.05, 0.1) is 5.56 Å². The largest absolute Gasteiger partial charge is 0.508 e. The van der Waals surface area contributed by atoms with Crippen LogP contribution in [0.1, 0.15) is 45.8 Å². The van der Waals surface area contributed by atoms with E-state index in [0.717, 1.165) is 0 Å². The zero-order valence-corrected chi connectivity index (χ0v) is 20.4. The molecule has 0 atom stereocenters. The Balaban J connectivity index is 1.37. The van der Waals surface area contributed by atoms with E-state index < -0.39 is 0 Å². The summed E-state index contributed by atoms with van der Waals surface area (Å²) < 4.78 is 0. The Kier molecular flexibility index (Phi) is 7.75. The van der Waals surface area contributed by atoms with E-state index in [0.29, 0.717) is 67.5 Å². The molecule has 9 nitrogen and oxygen atoms in total. The minimum absolute atomic E-state index is 0.102. The lowest BCUT2D eigenvalue weighted by atomic mass is 10.1. The summed E-state index contributed by atoms with van der Waals surface area (Å²) in [5, 5.41) is 18.0. The number of benzene rings is 1. The molecule has 3 heterocycles. The van der Waals surface area contributed by atoms with Gasteiger partial charge in [0, 0.05) is 62.8 Å². The summed E-state index contributed by atoms with van der Waals surface area (Å²) in [4.78, 5) is 35.2. The van der Waals surface area contributed by atoms with E-state index in [1.54, 1.807) is 64.7 Å². The van der Waals surface area contributed by atoms with Crippen molar-refractivity contribution in [3.8, 4) is 17.6 Å². The molecule has 1 aromatic carbocycles. The van der Waals surface area contributed by atoms with E-state index in [1.165, 1.54) is 0 Å². The van der Waals surface area contributed by atoms with Gasteiger partial charge in [-0.3, -0.25) is 14.6 Å². The Morgan fingerprint density at radius 1 is 0.944 bits per heavy atom. The predicted octanol–water partition coefficient (Wildman–Crippen LogP) is 2.42.